The van der Waals surface area contributed by atoms with Crippen LogP contribution in [0, 0.1) is 11.8 Å². The molecule has 1 heterocycles. The minimum Gasteiger partial charge on any atom is -0.444 e. The molecule has 1 rings (SSSR count). The molecule has 0 fully saturated rings. The van der Waals surface area contributed by atoms with Crippen molar-refractivity contribution in [1.29, 1.82) is 0 Å². The summed E-state index contributed by atoms with van der Waals surface area (Å²) in [5, 5.41) is 5.32. The molecule has 0 unspecified atom stereocenters. The van der Waals surface area contributed by atoms with Gasteiger partial charge in [-0.05, 0) is 26.8 Å². The molecule has 0 saturated heterocycles. The van der Waals surface area contributed by atoms with Crippen LogP contribution in [0.5, 0.6) is 0 Å². The molecule has 0 saturated carbocycles. The Morgan fingerprint density at radius 3 is 2.89 bits per heavy atom. The number of carbonyl (C=O) groups is 1. The highest BCUT2D eigenvalue weighted by molar-refractivity contribution is 7.80. The lowest BCUT2D eigenvalue weighted by Crippen LogP contribution is -2.26. The zero-order valence-electron chi connectivity index (χ0n) is 10.7. The molecule has 0 radical (unpaired) electrons. The van der Waals surface area contributed by atoms with Crippen LogP contribution in [-0.2, 0) is 4.74 Å². The van der Waals surface area contributed by atoms with E-state index in [0.717, 1.165) is 22.7 Å². The molecule has 0 aliphatic rings. The van der Waals surface area contributed by atoms with E-state index in [1.807, 2.05) is 32.2 Å². The van der Waals surface area contributed by atoms with Gasteiger partial charge < -0.3 is 4.74 Å². The van der Waals surface area contributed by atoms with Gasteiger partial charge in [-0.15, -0.1) is 11.3 Å². The molecule has 0 aliphatic heterocycles. The van der Waals surface area contributed by atoms with Crippen LogP contribution in [0.15, 0.2) is 11.4 Å². The van der Waals surface area contributed by atoms with Crippen molar-refractivity contribution < 1.29 is 9.53 Å². The molecule has 3 nitrogen and oxygen atoms in total. The lowest BCUT2D eigenvalue weighted by atomic mass is 10.2. The first-order chi connectivity index (χ1) is 8.40. The van der Waals surface area contributed by atoms with Gasteiger partial charge in [0.15, 0.2) is 0 Å². The first-order valence-corrected chi connectivity index (χ1v) is 7.10. The predicted molar refractivity (Wildman–Crippen MR) is 79.5 cm³/mol. The van der Waals surface area contributed by atoms with Gasteiger partial charge in [-0.2, -0.15) is 12.6 Å². The monoisotopic (exact) mass is 283 g/mol. The molecule has 0 aliphatic carbocycles. The highest BCUT2D eigenvalue weighted by atomic mass is 32.1. The Kier molecular flexibility index (Phi) is 5.57. The Labute approximate surface area is 117 Å². The van der Waals surface area contributed by atoms with Crippen LogP contribution in [0.1, 0.15) is 32.8 Å². The number of amides is 1. The summed E-state index contributed by atoms with van der Waals surface area (Å²) in [6.45, 7) is 5.49. The SMILES string of the molecule is CC(C)(C)OC(=O)Nc1cc(C#CCCS)cs1. The highest BCUT2D eigenvalue weighted by Crippen LogP contribution is 2.20. The van der Waals surface area contributed by atoms with Gasteiger partial charge in [-0.25, -0.2) is 4.79 Å². The van der Waals surface area contributed by atoms with E-state index in [1.54, 1.807) is 0 Å². The minimum atomic E-state index is -0.490. The molecule has 18 heavy (non-hydrogen) atoms. The second-order valence-corrected chi connectivity index (χ2v) is 5.96. The Balaban J connectivity index is 2.55. The zero-order chi connectivity index (χ0) is 13.6. The topological polar surface area (TPSA) is 38.3 Å². The largest absolute Gasteiger partial charge is 0.444 e. The number of thiol groups is 1. The van der Waals surface area contributed by atoms with E-state index in [2.05, 4.69) is 29.8 Å². The molecule has 1 amide bonds. The van der Waals surface area contributed by atoms with Crippen LogP contribution in [0.2, 0.25) is 0 Å². The minimum absolute atomic E-state index is 0.445. The van der Waals surface area contributed by atoms with E-state index in [0.29, 0.717) is 0 Å². The molecule has 98 valence electrons. The van der Waals surface area contributed by atoms with Gasteiger partial charge >= 0.3 is 6.09 Å². The van der Waals surface area contributed by atoms with E-state index in [9.17, 15) is 4.79 Å². The van der Waals surface area contributed by atoms with Crippen LogP contribution in [0.25, 0.3) is 0 Å². The third-order valence-corrected chi connectivity index (χ3v) is 2.76. The van der Waals surface area contributed by atoms with Crippen LogP contribution in [0.4, 0.5) is 9.80 Å². The van der Waals surface area contributed by atoms with Crippen molar-refractivity contribution in [1.82, 2.24) is 0 Å². The maximum atomic E-state index is 11.5. The van der Waals surface area contributed by atoms with Gasteiger partial charge in [0.25, 0.3) is 0 Å². The summed E-state index contributed by atoms with van der Waals surface area (Å²) in [5.74, 6) is 6.75. The van der Waals surface area contributed by atoms with Gasteiger partial charge in [0, 0.05) is 23.1 Å². The Hall–Kier alpha value is -1.12. The fraction of sp³-hybridized carbons (Fsp3) is 0.462. The lowest BCUT2D eigenvalue weighted by Gasteiger charge is -2.19. The average molecular weight is 283 g/mol. The second-order valence-electron chi connectivity index (χ2n) is 4.60. The van der Waals surface area contributed by atoms with Gasteiger partial charge in [0.05, 0.1) is 5.00 Å². The molecule has 1 aromatic heterocycles. The standard InChI is InChI=1S/C13H17NO2S2/c1-13(2,3)16-12(15)14-11-8-10(9-18-11)6-4-5-7-17/h8-9,17H,5,7H2,1-3H3,(H,14,15). The predicted octanol–water partition coefficient (Wildman–Crippen LogP) is 3.77. The molecule has 0 bridgehead atoms. The zero-order valence-corrected chi connectivity index (χ0v) is 12.5. The smallest absolute Gasteiger partial charge is 0.412 e. The number of ether oxygens (including phenoxy) is 1. The third kappa shape index (κ3) is 5.99. The van der Waals surface area contributed by atoms with Crippen molar-refractivity contribution in [3.63, 3.8) is 0 Å². The van der Waals surface area contributed by atoms with Gasteiger partial charge in [0.2, 0.25) is 0 Å². The maximum absolute atomic E-state index is 11.5. The highest BCUT2D eigenvalue weighted by Gasteiger charge is 2.16. The number of rotatable bonds is 2. The molecule has 0 aromatic carbocycles. The summed E-state index contributed by atoms with van der Waals surface area (Å²) in [5.41, 5.74) is 0.407. The summed E-state index contributed by atoms with van der Waals surface area (Å²) < 4.78 is 5.16. The quantitative estimate of drug-likeness (QED) is 0.640. The van der Waals surface area contributed by atoms with Crippen molar-refractivity contribution in [2.75, 3.05) is 11.1 Å². The number of carbonyl (C=O) groups excluding carboxylic acids is 1. The van der Waals surface area contributed by atoms with Gasteiger partial charge in [-0.3, -0.25) is 5.32 Å². The number of thiophene rings is 1. The van der Waals surface area contributed by atoms with E-state index in [1.165, 1.54) is 11.3 Å². The Bertz CT molecular complexity index is 463. The fourth-order valence-electron chi connectivity index (χ4n) is 1.09. The summed E-state index contributed by atoms with van der Waals surface area (Å²) >= 11 is 5.51. The van der Waals surface area contributed by atoms with Crippen molar-refractivity contribution in [3.8, 4) is 11.8 Å². The maximum Gasteiger partial charge on any atom is 0.412 e. The van der Waals surface area contributed by atoms with E-state index < -0.39 is 11.7 Å². The summed E-state index contributed by atoms with van der Waals surface area (Å²) in [4.78, 5) is 11.5. The molecule has 0 atom stereocenters. The Morgan fingerprint density at radius 2 is 2.28 bits per heavy atom. The van der Waals surface area contributed by atoms with Crippen molar-refractivity contribution in [2.24, 2.45) is 0 Å². The molecule has 0 spiro atoms. The first kappa shape index (κ1) is 14.9. The number of hydrogen-bond acceptors (Lipinski definition) is 4. The van der Waals surface area contributed by atoms with E-state index in [-0.39, 0.29) is 0 Å². The fourth-order valence-corrected chi connectivity index (χ4v) is 1.92. The summed E-state index contributed by atoms with van der Waals surface area (Å²) in [6, 6.07) is 1.83. The third-order valence-electron chi connectivity index (χ3n) is 1.69. The Morgan fingerprint density at radius 1 is 1.56 bits per heavy atom. The molecule has 1 N–H and O–H groups in total. The molecule has 5 heteroatoms. The van der Waals surface area contributed by atoms with Crippen LogP contribution >= 0.6 is 24.0 Å². The van der Waals surface area contributed by atoms with Crippen LogP contribution in [-0.4, -0.2) is 17.4 Å². The number of nitrogens with one attached hydrogen (secondary N) is 1. The summed E-state index contributed by atoms with van der Waals surface area (Å²) in [6.07, 6.45) is 0.313. The van der Waals surface area contributed by atoms with E-state index >= 15 is 0 Å². The average Bonchev–Trinajstić information content (AvgIpc) is 2.63. The molecule has 1 aromatic rings. The normalized spacial score (nSPS) is 10.4. The molecular weight excluding hydrogens is 266 g/mol. The van der Waals surface area contributed by atoms with E-state index in [4.69, 9.17) is 4.74 Å². The van der Waals surface area contributed by atoms with Gasteiger partial charge in [0.1, 0.15) is 5.60 Å². The summed E-state index contributed by atoms with van der Waals surface area (Å²) in [7, 11) is 0. The van der Waals surface area contributed by atoms with Crippen molar-refractivity contribution in [2.45, 2.75) is 32.8 Å². The molecular formula is C13H17NO2S2. The lowest BCUT2D eigenvalue weighted by molar-refractivity contribution is 0.0636. The second kappa shape index (κ2) is 6.72. The van der Waals surface area contributed by atoms with Gasteiger partial charge in [-0.1, -0.05) is 11.8 Å². The number of hydrogen-bond donors (Lipinski definition) is 2. The first-order valence-electron chi connectivity index (χ1n) is 5.59. The van der Waals surface area contributed by atoms with Crippen molar-refractivity contribution in [3.05, 3.63) is 17.0 Å². The van der Waals surface area contributed by atoms with Crippen LogP contribution in [0.3, 0.4) is 0 Å². The number of anilines is 1. The van der Waals surface area contributed by atoms with Crippen molar-refractivity contribution >= 4 is 35.1 Å². The van der Waals surface area contributed by atoms with Crippen LogP contribution < -0.4 is 5.32 Å².